The third kappa shape index (κ3) is 5.23. The average molecular weight is 395 g/mol. The maximum Gasteiger partial charge on any atom is 0.339 e. The van der Waals surface area contributed by atoms with E-state index >= 15 is 0 Å². The zero-order valence-corrected chi connectivity index (χ0v) is 16.3. The largest absolute Gasteiger partial charge is 0.462 e. The highest BCUT2D eigenvalue weighted by Crippen LogP contribution is 2.29. The molecule has 0 fully saturated rings. The highest BCUT2D eigenvalue weighted by molar-refractivity contribution is 6.35. The molecule has 2 aromatic carbocycles. The monoisotopic (exact) mass is 394 g/mol. The predicted molar refractivity (Wildman–Crippen MR) is 102 cm³/mol. The van der Waals surface area contributed by atoms with E-state index in [0.717, 1.165) is 0 Å². The molecule has 0 N–H and O–H groups in total. The number of rotatable bonds is 6. The van der Waals surface area contributed by atoms with Crippen LogP contribution in [0.4, 0.5) is 0 Å². The Balaban J connectivity index is 2.18. The normalized spacial score (nSPS) is 11.9. The SMILES string of the molecule is CC(C)COC(=O)c1ccccc1C(=O)OC(C)c1ccc(Cl)cc1Cl. The Morgan fingerprint density at radius 2 is 1.58 bits per heavy atom. The van der Waals surface area contributed by atoms with Gasteiger partial charge in [-0.25, -0.2) is 9.59 Å². The maximum absolute atomic E-state index is 12.6. The van der Waals surface area contributed by atoms with Crippen molar-refractivity contribution < 1.29 is 19.1 Å². The van der Waals surface area contributed by atoms with Crippen LogP contribution >= 0.6 is 23.2 Å². The molecular formula is C20H20Cl2O4. The zero-order chi connectivity index (χ0) is 19.3. The Morgan fingerprint density at radius 1 is 0.962 bits per heavy atom. The molecule has 6 heteroatoms. The molecule has 0 aliphatic heterocycles. The van der Waals surface area contributed by atoms with Gasteiger partial charge in [0.25, 0.3) is 0 Å². The number of hydrogen-bond acceptors (Lipinski definition) is 4. The number of carbonyl (C=O) groups excluding carboxylic acids is 2. The molecule has 0 heterocycles. The van der Waals surface area contributed by atoms with E-state index in [4.69, 9.17) is 32.7 Å². The van der Waals surface area contributed by atoms with Gasteiger partial charge in [-0.3, -0.25) is 0 Å². The molecule has 1 unspecified atom stereocenters. The van der Waals surface area contributed by atoms with Crippen molar-refractivity contribution in [2.45, 2.75) is 26.9 Å². The second-order valence-corrected chi connectivity index (χ2v) is 7.09. The average Bonchev–Trinajstić information content (AvgIpc) is 2.59. The van der Waals surface area contributed by atoms with Crippen molar-refractivity contribution in [1.29, 1.82) is 0 Å². The van der Waals surface area contributed by atoms with Crippen LogP contribution in [0, 0.1) is 5.92 Å². The van der Waals surface area contributed by atoms with Crippen LogP contribution in [0.15, 0.2) is 42.5 Å². The Bertz CT molecular complexity index is 802. The molecule has 0 aliphatic carbocycles. The van der Waals surface area contributed by atoms with E-state index in [1.165, 1.54) is 6.07 Å². The van der Waals surface area contributed by atoms with Gasteiger partial charge in [0.2, 0.25) is 0 Å². The van der Waals surface area contributed by atoms with Crippen LogP contribution in [0.5, 0.6) is 0 Å². The molecule has 1 atom stereocenters. The Labute approximate surface area is 163 Å². The van der Waals surface area contributed by atoms with E-state index in [2.05, 4.69) is 0 Å². The second kappa shape index (κ2) is 9.06. The summed E-state index contributed by atoms with van der Waals surface area (Å²) in [6, 6.07) is 11.4. The highest BCUT2D eigenvalue weighted by Gasteiger charge is 2.22. The molecule has 26 heavy (non-hydrogen) atoms. The first-order valence-corrected chi connectivity index (χ1v) is 8.97. The van der Waals surface area contributed by atoms with Gasteiger partial charge >= 0.3 is 11.9 Å². The summed E-state index contributed by atoms with van der Waals surface area (Å²) in [5.74, 6) is -0.978. The van der Waals surface area contributed by atoms with Crippen molar-refractivity contribution in [3.63, 3.8) is 0 Å². The molecule has 0 bridgehead atoms. The lowest BCUT2D eigenvalue weighted by atomic mass is 10.1. The van der Waals surface area contributed by atoms with Gasteiger partial charge in [0, 0.05) is 15.6 Å². The minimum absolute atomic E-state index is 0.151. The molecule has 2 rings (SSSR count). The van der Waals surface area contributed by atoms with E-state index in [-0.39, 0.29) is 23.7 Å². The van der Waals surface area contributed by atoms with Gasteiger partial charge in [-0.15, -0.1) is 0 Å². The van der Waals surface area contributed by atoms with Crippen LogP contribution in [-0.4, -0.2) is 18.5 Å². The standard InChI is InChI=1S/C20H20Cl2O4/c1-12(2)11-25-19(23)16-6-4-5-7-17(16)20(24)26-13(3)15-9-8-14(21)10-18(15)22/h4-10,12-13H,11H2,1-3H3. The van der Waals surface area contributed by atoms with Crippen molar-refractivity contribution in [1.82, 2.24) is 0 Å². The molecule has 0 aromatic heterocycles. The Kier molecular flexibility index (Phi) is 7.06. The van der Waals surface area contributed by atoms with Gasteiger partial charge in [0.05, 0.1) is 17.7 Å². The van der Waals surface area contributed by atoms with Gasteiger partial charge in [-0.1, -0.05) is 55.2 Å². The summed E-state index contributed by atoms with van der Waals surface area (Å²) in [6.07, 6.45) is -0.605. The predicted octanol–water partition coefficient (Wildman–Crippen LogP) is 5.72. The second-order valence-electron chi connectivity index (χ2n) is 6.25. The van der Waals surface area contributed by atoms with Crippen LogP contribution in [0.1, 0.15) is 53.2 Å². The lowest BCUT2D eigenvalue weighted by molar-refractivity contribution is 0.0321. The first kappa shape index (κ1) is 20.3. The Hall–Kier alpha value is -2.04. The minimum Gasteiger partial charge on any atom is -0.462 e. The number of ether oxygens (including phenoxy) is 2. The van der Waals surface area contributed by atoms with Crippen molar-refractivity contribution >= 4 is 35.1 Å². The van der Waals surface area contributed by atoms with Gasteiger partial charge in [-0.05, 0) is 37.1 Å². The summed E-state index contributed by atoms with van der Waals surface area (Å²) in [5.41, 5.74) is 0.954. The Morgan fingerprint density at radius 3 is 2.15 bits per heavy atom. The van der Waals surface area contributed by atoms with Gasteiger partial charge in [0.1, 0.15) is 6.10 Å². The molecule has 2 aromatic rings. The van der Waals surface area contributed by atoms with Crippen molar-refractivity contribution in [2.75, 3.05) is 6.61 Å². The van der Waals surface area contributed by atoms with Crippen LogP contribution in [0.25, 0.3) is 0 Å². The van der Waals surface area contributed by atoms with Gasteiger partial charge < -0.3 is 9.47 Å². The third-order valence-electron chi connectivity index (χ3n) is 3.60. The highest BCUT2D eigenvalue weighted by atomic mass is 35.5. The van der Waals surface area contributed by atoms with Crippen molar-refractivity contribution in [2.24, 2.45) is 5.92 Å². The van der Waals surface area contributed by atoms with E-state index in [1.807, 2.05) is 13.8 Å². The third-order valence-corrected chi connectivity index (χ3v) is 4.16. The summed E-state index contributed by atoms with van der Waals surface area (Å²) in [5, 5.41) is 0.901. The molecule has 0 amide bonds. The summed E-state index contributed by atoms with van der Waals surface area (Å²) in [7, 11) is 0. The number of carbonyl (C=O) groups is 2. The van der Waals surface area contributed by atoms with Crippen LogP contribution in [0.3, 0.4) is 0 Å². The van der Waals surface area contributed by atoms with Crippen LogP contribution in [-0.2, 0) is 9.47 Å². The quantitative estimate of drug-likeness (QED) is 0.587. The number of esters is 2. The summed E-state index contributed by atoms with van der Waals surface area (Å²) >= 11 is 12.0. The lowest BCUT2D eigenvalue weighted by Gasteiger charge is -2.16. The molecule has 138 valence electrons. The van der Waals surface area contributed by atoms with E-state index < -0.39 is 18.0 Å². The fourth-order valence-corrected chi connectivity index (χ4v) is 2.84. The topological polar surface area (TPSA) is 52.6 Å². The fraction of sp³-hybridized carbons (Fsp3) is 0.300. The number of halogens is 2. The van der Waals surface area contributed by atoms with E-state index in [9.17, 15) is 9.59 Å². The zero-order valence-electron chi connectivity index (χ0n) is 14.8. The van der Waals surface area contributed by atoms with Crippen LogP contribution in [0.2, 0.25) is 10.0 Å². The first-order chi connectivity index (χ1) is 12.3. The molecule has 0 saturated heterocycles. The molecule has 0 saturated carbocycles. The van der Waals surface area contributed by atoms with Gasteiger partial charge in [-0.2, -0.15) is 0 Å². The molecule has 0 aliphatic rings. The maximum atomic E-state index is 12.6. The summed E-state index contributed by atoms with van der Waals surface area (Å²) in [6.45, 7) is 5.85. The van der Waals surface area contributed by atoms with E-state index in [1.54, 1.807) is 43.3 Å². The lowest BCUT2D eigenvalue weighted by Crippen LogP contribution is -2.17. The summed E-state index contributed by atoms with van der Waals surface area (Å²) < 4.78 is 10.7. The van der Waals surface area contributed by atoms with Crippen LogP contribution < -0.4 is 0 Å². The van der Waals surface area contributed by atoms with Crippen molar-refractivity contribution in [3.05, 3.63) is 69.2 Å². The molecular weight excluding hydrogens is 375 g/mol. The molecule has 0 radical (unpaired) electrons. The smallest absolute Gasteiger partial charge is 0.339 e. The summed E-state index contributed by atoms with van der Waals surface area (Å²) in [4.78, 5) is 24.8. The fourth-order valence-electron chi connectivity index (χ4n) is 2.28. The van der Waals surface area contributed by atoms with E-state index in [0.29, 0.717) is 15.6 Å². The number of hydrogen-bond donors (Lipinski definition) is 0. The first-order valence-electron chi connectivity index (χ1n) is 8.21. The minimum atomic E-state index is -0.624. The molecule has 4 nitrogen and oxygen atoms in total. The molecule has 0 spiro atoms. The van der Waals surface area contributed by atoms with Crippen molar-refractivity contribution in [3.8, 4) is 0 Å². The van der Waals surface area contributed by atoms with Gasteiger partial charge in [0.15, 0.2) is 0 Å². The number of benzene rings is 2.